The Morgan fingerprint density at radius 2 is 1.84 bits per heavy atom. The van der Waals surface area contributed by atoms with Crippen LogP contribution in [-0.2, 0) is 9.59 Å². The van der Waals surface area contributed by atoms with Crippen LogP contribution in [0, 0.1) is 35.0 Å². The lowest BCUT2D eigenvalue weighted by atomic mass is 9.44. The summed E-state index contributed by atoms with van der Waals surface area (Å²) in [5, 5.41) is 3.38. The molecule has 0 aromatic heterocycles. The van der Waals surface area contributed by atoms with Crippen LogP contribution in [-0.4, -0.2) is 42.1 Å². The van der Waals surface area contributed by atoms with Gasteiger partial charge in [-0.1, -0.05) is 25.1 Å². The Bertz CT molecular complexity index is 1050. The summed E-state index contributed by atoms with van der Waals surface area (Å²) in [5.74, 6) is 4.44. The Kier molecular flexibility index (Phi) is 8.50. The monoisotopic (exact) mass is 558 g/mol. The fraction of sp³-hybridized carbons (Fsp3) is 0.688. The summed E-state index contributed by atoms with van der Waals surface area (Å²) in [6.45, 7) is 6.33. The summed E-state index contributed by atoms with van der Waals surface area (Å²) < 4.78 is 0. The smallest absolute Gasteiger partial charge is 0.220 e. The van der Waals surface area contributed by atoms with E-state index in [1.807, 2.05) is 18.2 Å². The van der Waals surface area contributed by atoms with Crippen molar-refractivity contribution >= 4 is 46.7 Å². The third-order valence-electron chi connectivity index (χ3n) is 10.9. The predicted octanol–water partition coefficient (Wildman–Crippen LogP) is 7.08. The number of hydrogen-bond acceptors (Lipinski definition) is 3. The Morgan fingerprint density at radius 1 is 1.05 bits per heavy atom. The van der Waals surface area contributed by atoms with Crippen LogP contribution < -0.4 is 10.2 Å². The van der Waals surface area contributed by atoms with E-state index in [4.69, 9.17) is 23.2 Å². The van der Waals surface area contributed by atoms with Gasteiger partial charge in [-0.15, -0.1) is 23.2 Å². The summed E-state index contributed by atoms with van der Waals surface area (Å²) in [4.78, 5) is 27.7. The van der Waals surface area contributed by atoms with Gasteiger partial charge >= 0.3 is 0 Å². The van der Waals surface area contributed by atoms with Crippen molar-refractivity contribution in [1.29, 1.82) is 0 Å². The van der Waals surface area contributed by atoms with E-state index in [9.17, 15) is 9.59 Å². The average molecular weight is 560 g/mol. The van der Waals surface area contributed by atoms with Gasteiger partial charge in [-0.05, 0) is 111 Å². The summed E-state index contributed by atoms with van der Waals surface area (Å²) >= 11 is 12.0. The molecule has 38 heavy (non-hydrogen) atoms. The van der Waals surface area contributed by atoms with E-state index in [1.54, 1.807) is 0 Å². The first kappa shape index (κ1) is 28.0. The Morgan fingerprint density at radius 3 is 2.61 bits per heavy atom. The Hall–Kier alpha value is -1.52. The molecule has 5 rings (SSSR count). The van der Waals surface area contributed by atoms with Gasteiger partial charge in [0.15, 0.2) is 5.78 Å². The van der Waals surface area contributed by atoms with Gasteiger partial charge in [0, 0.05) is 48.4 Å². The lowest BCUT2D eigenvalue weighted by molar-refractivity contribution is -0.141. The highest BCUT2D eigenvalue weighted by molar-refractivity contribution is 6.18. The first-order chi connectivity index (χ1) is 18.3. The lowest BCUT2D eigenvalue weighted by Gasteiger charge is -2.62. The number of anilines is 1. The number of ketones is 1. The van der Waals surface area contributed by atoms with Crippen molar-refractivity contribution in [3.8, 4) is 0 Å². The maximum absolute atomic E-state index is 13.3. The topological polar surface area (TPSA) is 49.4 Å². The van der Waals surface area contributed by atoms with Crippen molar-refractivity contribution in [1.82, 2.24) is 5.32 Å². The molecule has 1 aliphatic heterocycles. The fourth-order valence-corrected chi connectivity index (χ4v) is 9.31. The second kappa shape index (κ2) is 11.5. The van der Waals surface area contributed by atoms with Gasteiger partial charge in [0.1, 0.15) is 0 Å². The number of nitrogens with one attached hydrogen (secondary N) is 1. The van der Waals surface area contributed by atoms with Crippen molar-refractivity contribution in [2.45, 2.75) is 77.2 Å². The number of fused-ring (bicyclic) bond motifs is 5. The molecule has 4 fully saturated rings. The van der Waals surface area contributed by atoms with E-state index in [-0.39, 0.29) is 23.1 Å². The molecule has 1 unspecified atom stereocenters. The number of benzene rings is 1. The fourth-order valence-electron chi connectivity index (χ4n) is 8.91. The van der Waals surface area contributed by atoms with E-state index in [0.717, 1.165) is 62.4 Å². The number of hydrogen-bond donors (Lipinski definition) is 1. The van der Waals surface area contributed by atoms with Crippen LogP contribution in [0.4, 0.5) is 5.69 Å². The second-order valence-electron chi connectivity index (χ2n) is 12.9. The number of carbonyl (C=O) groups excluding carboxylic acids is 2. The first-order valence-corrected chi connectivity index (χ1v) is 15.8. The highest BCUT2D eigenvalue weighted by Crippen LogP contribution is 2.63. The van der Waals surface area contributed by atoms with Crippen LogP contribution in [0.15, 0.2) is 30.3 Å². The van der Waals surface area contributed by atoms with E-state index in [2.05, 4.69) is 42.3 Å². The zero-order valence-electron chi connectivity index (χ0n) is 23.1. The van der Waals surface area contributed by atoms with Gasteiger partial charge in [-0.25, -0.2) is 0 Å². The number of carbonyl (C=O) groups is 2. The molecule has 1 heterocycles. The van der Waals surface area contributed by atoms with Crippen LogP contribution in [0.25, 0.3) is 6.08 Å². The largest absolute Gasteiger partial charge is 0.369 e. The van der Waals surface area contributed by atoms with Crippen LogP contribution in [0.3, 0.4) is 0 Å². The normalized spacial score (nSPS) is 36.6. The third kappa shape index (κ3) is 5.42. The van der Waals surface area contributed by atoms with Gasteiger partial charge in [-0.3, -0.25) is 9.59 Å². The molecular formula is C32H44Cl2N2O2. The number of halogens is 2. The average Bonchev–Trinajstić information content (AvgIpc) is 2.90. The molecule has 1 saturated heterocycles. The summed E-state index contributed by atoms with van der Waals surface area (Å²) in [6.07, 6.45) is 13.5. The number of rotatable bonds is 8. The molecule has 4 aliphatic rings. The minimum atomic E-state index is -0.0140. The van der Waals surface area contributed by atoms with E-state index in [0.29, 0.717) is 41.3 Å². The molecule has 3 aliphatic carbocycles. The third-order valence-corrected chi connectivity index (χ3v) is 11.3. The van der Waals surface area contributed by atoms with Crippen molar-refractivity contribution < 1.29 is 9.59 Å². The molecule has 1 amide bonds. The molecule has 0 spiro atoms. The zero-order chi connectivity index (χ0) is 26.9. The highest BCUT2D eigenvalue weighted by atomic mass is 35.5. The quantitative estimate of drug-likeness (QED) is 0.274. The molecule has 0 bridgehead atoms. The van der Waals surface area contributed by atoms with E-state index >= 15 is 0 Å². The molecule has 208 valence electrons. The maximum atomic E-state index is 13.3. The van der Waals surface area contributed by atoms with Crippen molar-refractivity contribution in [3.63, 3.8) is 0 Å². The molecule has 7 atom stereocenters. The van der Waals surface area contributed by atoms with Crippen molar-refractivity contribution in [2.75, 3.05) is 29.7 Å². The summed E-state index contributed by atoms with van der Waals surface area (Å²) in [6, 6.07) is 8.28. The maximum Gasteiger partial charge on any atom is 0.220 e. The number of amides is 1. The SMILES string of the molecule is CC12CC[C@H]3[C@@H](CC[C@H]4C[C@@H](C(=O)/C=C/c5cccc(N(CCCl)CCCl)c5)CC[C@@]43C)[C@@H]1CCC(=O)N2. The summed E-state index contributed by atoms with van der Waals surface area (Å²) in [5.41, 5.74) is 2.44. The first-order valence-electron chi connectivity index (χ1n) is 14.8. The molecule has 3 saturated carbocycles. The molecule has 0 radical (unpaired) electrons. The minimum Gasteiger partial charge on any atom is -0.369 e. The van der Waals surface area contributed by atoms with E-state index in [1.165, 1.54) is 19.3 Å². The van der Waals surface area contributed by atoms with Gasteiger partial charge in [-0.2, -0.15) is 0 Å². The van der Waals surface area contributed by atoms with Crippen LogP contribution in [0.1, 0.15) is 77.2 Å². The number of allylic oxidation sites excluding steroid dienone is 1. The van der Waals surface area contributed by atoms with Crippen LogP contribution in [0.5, 0.6) is 0 Å². The van der Waals surface area contributed by atoms with Crippen LogP contribution in [0.2, 0.25) is 0 Å². The lowest BCUT2D eigenvalue weighted by Crippen LogP contribution is -2.63. The molecular weight excluding hydrogens is 515 g/mol. The van der Waals surface area contributed by atoms with Gasteiger partial charge < -0.3 is 10.2 Å². The van der Waals surface area contributed by atoms with Gasteiger partial charge in [0.05, 0.1) is 0 Å². The van der Waals surface area contributed by atoms with E-state index < -0.39 is 0 Å². The molecule has 1 N–H and O–H groups in total. The van der Waals surface area contributed by atoms with Crippen molar-refractivity contribution in [3.05, 3.63) is 35.9 Å². The second-order valence-corrected chi connectivity index (χ2v) is 13.6. The van der Waals surface area contributed by atoms with Crippen LogP contribution >= 0.6 is 23.2 Å². The highest BCUT2D eigenvalue weighted by Gasteiger charge is 2.58. The molecule has 6 heteroatoms. The molecule has 4 nitrogen and oxygen atoms in total. The minimum absolute atomic E-state index is 0.0140. The van der Waals surface area contributed by atoms with Gasteiger partial charge in [0.25, 0.3) is 0 Å². The number of nitrogens with zero attached hydrogens (tertiary/aromatic N) is 1. The molecule has 1 aromatic carbocycles. The Balaban J connectivity index is 1.23. The van der Waals surface area contributed by atoms with Crippen molar-refractivity contribution in [2.24, 2.45) is 35.0 Å². The molecule has 1 aromatic rings. The zero-order valence-corrected chi connectivity index (χ0v) is 24.6. The standard InChI is InChI=1S/C32H44Cl2N2O2/c1-31-14-12-23(29(37)10-6-22-4-3-5-25(20-22)36(18-16-33)19-17-34)21-24(31)7-8-26-27(31)13-15-32(2)28(26)9-11-30(38)35-32/h3-6,10,20,23-24,26-28H,7-9,11-19,21H2,1-2H3,(H,35,38)/b10-6+/t23-,24-,26+,27-,28-,31-,32?/m0/s1. The predicted molar refractivity (Wildman–Crippen MR) is 158 cm³/mol. The number of alkyl halides is 2. The van der Waals surface area contributed by atoms with Gasteiger partial charge in [0.2, 0.25) is 5.91 Å². The summed E-state index contributed by atoms with van der Waals surface area (Å²) in [7, 11) is 0. The number of piperidine rings is 1. The Labute approximate surface area is 238 Å².